The summed E-state index contributed by atoms with van der Waals surface area (Å²) in [7, 11) is 3.90. The van der Waals surface area contributed by atoms with Gasteiger partial charge in [0.2, 0.25) is 0 Å². The molecule has 1 atom stereocenters. The molecule has 1 aliphatic rings. The van der Waals surface area contributed by atoms with Crippen molar-refractivity contribution in [3.63, 3.8) is 0 Å². The third-order valence-corrected chi connectivity index (χ3v) is 4.03. The van der Waals surface area contributed by atoms with Gasteiger partial charge in [-0.1, -0.05) is 12.8 Å². The van der Waals surface area contributed by atoms with Gasteiger partial charge in [-0.2, -0.15) is 0 Å². The fourth-order valence-electron chi connectivity index (χ4n) is 2.77. The largest absolute Gasteiger partial charge is 0.466 e. The van der Waals surface area contributed by atoms with Gasteiger partial charge in [0, 0.05) is 46.1 Å². The maximum absolute atomic E-state index is 11.2. The number of ether oxygens (including phenoxy) is 2. The van der Waals surface area contributed by atoms with Gasteiger partial charge in [-0.15, -0.1) is 0 Å². The van der Waals surface area contributed by atoms with Gasteiger partial charge in [-0.25, -0.2) is 0 Å². The molecule has 0 aromatic rings. The minimum atomic E-state index is -0.0801. The highest BCUT2D eigenvalue weighted by molar-refractivity contribution is 5.79. The van der Waals surface area contributed by atoms with Gasteiger partial charge in [0.05, 0.1) is 13.2 Å². The predicted octanol–water partition coefficient (Wildman–Crippen LogP) is 2.04. The summed E-state index contributed by atoms with van der Waals surface area (Å²) in [4.78, 5) is 17.7. The van der Waals surface area contributed by atoms with Crippen molar-refractivity contribution in [1.29, 1.82) is 0 Å². The summed E-state index contributed by atoms with van der Waals surface area (Å²) in [5.41, 5.74) is 0. The van der Waals surface area contributed by atoms with Crippen LogP contribution < -0.4 is 5.32 Å². The van der Waals surface area contributed by atoms with Crippen LogP contribution in [0.4, 0.5) is 0 Å². The van der Waals surface area contributed by atoms with Gasteiger partial charge in [-0.3, -0.25) is 9.79 Å². The molecule has 1 saturated heterocycles. The number of unbranched alkanes of at least 4 members (excludes halogenated alkanes) is 3. The Morgan fingerprint density at radius 1 is 1.35 bits per heavy atom. The lowest BCUT2D eigenvalue weighted by Gasteiger charge is -2.24. The van der Waals surface area contributed by atoms with Crippen LogP contribution in [0, 0.1) is 5.92 Å². The number of hydrogen-bond acceptors (Lipinski definition) is 4. The van der Waals surface area contributed by atoms with E-state index in [0.29, 0.717) is 18.9 Å². The van der Waals surface area contributed by atoms with Crippen LogP contribution in [0.2, 0.25) is 0 Å². The highest BCUT2D eigenvalue weighted by Gasteiger charge is 2.18. The SMILES string of the molecule is CCOC(=O)CCCCCCNC(=NC)N(C)CC1CCOC1. The van der Waals surface area contributed by atoms with E-state index in [9.17, 15) is 4.79 Å². The number of rotatable bonds is 10. The van der Waals surface area contributed by atoms with E-state index in [0.717, 1.165) is 64.4 Å². The molecule has 0 radical (unpaired) electrons. The van der Waals surface area contributed by atoms with Crippen molar-refractivity contribution in [3.05, 3.63) is 0 Å². The van der Waals surface area contributed by atoms with Gasteiger partial charge in [0.15, 0.2) is 5.96 Å². The molecule has 1 unspecified atom stereocenters. The molecule has 0 aliphatic carbocycles. The van der Waals surface area contributed by atoms with Crippen LogP contribution in [-0.4, -0.2) is 63.8 Å². The van der Waals surface area contributed by atoms with Crippen molar-refractivity contribution >= 4 is 11.9 Å². The Balaban J connectivity index is 2.05. The Hall–Kier alpha value is -1.30. The molecular weight excluding hydrogens is 294 g/mol. The quantitative estimate of drug-likeness (QED) is 0.288. The number of aliphatic imine (C=N–C) groups is 1. The first kappa shape index (κ1) is 19.7. The average Bonchev–Trinajstić information content (AvgIpc) is 3.03. The first-order valence-corrected chi connectivity index (χ1v) is 8.82. The third kappa shape index (κ3) is 8.79. The number of guanidine groups is 1. The van der Waals surface area contributed by atoms with E-state index >= 15 is 0 Å². The zero-order valence-corrected chi connectivity index (χ0v) is 15.0. The summed E-state index contributed by atoms with van der Waals surface area (Å²) in [6.07, 6.45) is 5.85. The molecule has 1 aliphatic heterocycles. The zero-order chi connectivity index (χ0) is 16.9. The molecule has 0 bridgehead atoms. The fourth-order valence-corrected chi connectivity index (χ4v) is 2.77. The minimum Gasteiger partial charge on any atom is -0.466 e. The van der Waals surface area contributed by atoms with Crippen molar-refractivity contribution in [2.45, 2.75) is 45.4 Å². The molecule has 0 aromatic heterocycles. The number of carbonyl (C=O) groups excluding carboxylic acids is 1. The summed E-state index contributed by atoms with van der Waals surface area (Å²) in [5.74, 6) is 1.48. The van der Waals surface area contributed by atoms with Crippen molar-refractivity contribution in [1.82, 2.24) is 10.2 Å². The number of esters is 1. The lowest BCUT2D eigenvalue weighted by Crippen LogP contribution is -2.41. The molecule has 0 amide bonds. The van der Waals surface area contributed by atoms with Crippen LogP contribution in [0.1, 0.15) is 45.4 Å². The van der Waals surface area contributed by atoms with Gasteiger partial charge < -0.3 is 19.7 Å². The molecule has 1 fully saturated rings. The van der Waals surface area contributed by atoms with Gasteiger partial charge in [-0.05, 0) is 26.2 Å². The van der Waals surface area contributed by atoms with Crippen molar-refractivity contribution in [2.75, 3.05) is 47.0 Å². The molecule has 0 spiro atoms. The molecule has 6 heteroatoms. The predicted molar refractivity (Wildman–Crippen MR) is 92.6 cm³/mol. The molecule has 23 heavy (non-hydrogen) atoms. The number of hydrogen-bond donors (Lipinski definition) is 1. The van der Waals surface area contributed by atoms with E-state index in [2.05, 4.69) is 22.3 Å². The second kappa shape index (κ2) is 12.2. The fraction of sp³-hybridized carbons (Fsp3) is 0.882. The second-order valence-corrected chi connectivity index (χ2v) is 6.05. The summed E-state index contributed by atoms with van der Waals surface area (Å²) in [6, 6.07) is 0. The van der Waals surface area contributed by atoms with Gasteiger partial charge in [0.1, 0.15) is 0 Å². The second-order valence-electron chi connectivity index (χ2n) is 6.05. The van der Waals surface area contributed by atoms with Crippen LogP contribution in [0.25, 0.3) is 0 Å². The van der Waals surface area contributed by atoms with E-state index in [1.54, 1.807) is 0 Å². The maximum atomic E-state index is 11.2. The van der Waals surface area contributed by atoms with Gasteiger partial charge >= 0.3 is 5.97 Å². The minimum absolute atomic E-state index is 0.0801. The molecule has 1 rings (SSSR count). The van der Waals surface area contributed by atoms with E-state index in [-0.39, 0.29) is 5.97 Å². The molecular formula is C17H33N3O3. The molecule has 0 saturated carbocycles. The van der Waals surface area contributed by atoms with Crippen LogP contribution in [-0.2, 0) is 14.3 Å². The summed E-state index contributed by atoms with van der Waals surface area (Å²) < 4.78 is 10.3. The highest BCUT2D eigenvalue weighted by atomic mass is 16.5. The molecule has 1 heterocycles. The zero-order valence-electron chi connectivity index (χ0n) is 15.0. The van der Waals surface area contributed by atoms with Crippen LogP contribution in [0.15, 0.2) is 4.99 Å². The Kier molecular flexibility index (Phi) is 10.4. The standard InChI is InChI=1S/C17H33N3O3/c1-4-23-16(21)9-7-5-6-8-11-19-17(18-2)20(3)13-15-10-12-22-14-15/h15H,4-14H2,1-3H3,(H,18,19). The summed E-state index contributed by atoms with van der Waals surface area (Å²) in [5, 5.41) is 3.41. The number of nitrogens with zero attached hydrogens (tertiary/aromatic N) is 2. The number of carbonyl (C=O) groups is 1. The highest BCUT2D eigenvalue weighted by Crippen LogP contribution is 2.13. The molecule has 1 N–H and O–H groups in total. The molecule has 6 nitrogen and oxygen atoms in total. The van der Waals surface area contributed by atoms with E-state index in [1.165, 1.54) is 0 Å². The lowest BCUT2D eigenvalue weighted by atomic mass is 10.1. The monoisotopic (exact) mass is 327 g/mol. The topological polar surface area (TPSA) is 63.2 Å². The molecule has 0 aromatic carbocycles. The van der Waals surface area contributed by atoms with Crippen LogP contribution >= 0.6 is 0 Å². The average molecular weight is 327 g/mol. The van der Waals surface area contributed by atoms with E-state index < -0.39 is 0 Å². The normalized spacial score (nSPS) is 18.0. The van der Waals surface area contributed by atoms with E-state index in [4.69, 9.17) is 9.47 Å². The third-order valence-electron chi connectivity index (χ3n) is 4.03. The van der Waals surface area contributed by atoms with Crippen molar-refractivity contribution in [2.24, 2.45) is 10.9 Å². The first-order chi connectivity index (χ1) is 11.2. The maximum Gasteiger partial charge on any atom is 0.305 e. The first-order valence-electron chi connectivity index (χ1n) is 8.82. The van der Waals surface area contributed by atoms with Crippen molar-refractivity contribution in [3.8, 4) is 0 Å². The Morgan fingerprint density at radius 2 is 2.13 bits per heavy atom. The smallest absolute Gasteiger partial charge is 0.305 e. The Bertz CT molecular complexity index is 355. The van der Waals surface area contributed by atoms with E-state index in [1.807, 2.05) is 14.0 Å². The summed E-state index contributed by atoms with van der Waals surface area (Å²) >= 11 is 0. The van der Waals surface area contributed by atoms with Crippen LogP contribution in [0.5, 0.6) is 0 Å². The Labute approximate surface area is 140 Å². The lowest BCUT2D eigenvalue weighted by molar-refractivity contribution is -0.143. The van der Waals surface area contributed by atoms with Crippen molar-refractivity contribution < 1.29 is 14.3 Å². The number of nitrogens with one attached hydrogen (secondary N) is 1. The summed E-state index contributed by atoms with van der Waals surface area (Å²) in [6.45, 7) is 5.96. The Morgan fingerprint density at radius 3 is 2.78 bits per heavy atom. The molecule has 134 valence electrons. The van der Waals surface area contributed by atoms with Crippen LogP contribution in [0.3, 0.4) is 0 Å². The van der Waals surface area contributed by atoms with Gasteiger partial charge in [0.25, 0.3) is 0 Å².